The molecule has 2 rings (SSSR count). The summed E-state index contributed by atoms with van der Waals surface area (Å²) in [4.78, 5) is 11.6. The molecular formula is C21H21ClF3NO3. The quantitative estimate of drug-likeness (QED) is 0.551. The third kappa shape index (κ3) is 7.34. The lowest BCUT2D eigenvalue weighted by Gasteiger charge is -2.14. The molecule has 0 bridgehead atoms. The minimum atomic E-state index is -4.48. The van der Waals surface area contributed by atoms with Crippen LogP contribution >= 0.6 is 11.6 Å². The summed E-state index contributed by atoms with van der Waals surface area (Å²) in [5.74, 6) is 0.685. The lowest BCUT2D eigenvalue weighted by atomic mass is 10.2. The highest BCUT2D eigenvalue weighted by Crippen LogP contribution is 2.36. The van der Waals surface area contributed by atoms with Gasteiger partial charge in [-0.15, -0.1) is 0 Å². The first-order chi connectivity index (χ1) is 13.5. The Balaban J connectivity index is 2.04. The molecule has 1 atom stereocenters. The van der Waals surface area contributed by atoms with E-state index in [0.717, 1.165) is 18.2 Å². The first kappa shape index (κ1) is 22.6. The number of nitrogens with one attached hydrogen (secondary N) is 1. The second-order valence-electron chi connectivity index (χ2n) is 6.57. The van der Waals surface area contributed by atoms with Crippen LogP contribution in [0.15, 0.2) is 54.6 Å². The highest BCUT2D eigenvalue weighted by molar-refractivity contribution is 6.32. The molecule has 29 heavy (non-hydrogen) atoms. The number of carbonyl (C=O) groups excluding carboxylic acids is 1. The Hall–Kier alpha value is -2.67. The van der Waals surface area contributed by atoms with Crippen LogP contribution in [0, 0.1) is 0 Å². The van der Waals surface area contributed by atoms with Crippen molar-refractivity contribution in [2.45, 2.75) is 39.1 Å². The minimum Gasteiger partial charge on any atom is -0.487 e. The first-order valence-corrected chi connectivity index (χ1v) is 9.22. The van der Waals surface area contributed by atoms with Gasteiger partial charge in [0.15, 0.2) is 0 Å². The van der Waals surface area contributed by atoms with Crippen molar-refractivity contribution in [2.75, 3.05) is 0 Å². The molecule has 1 amide bonds. The van der Waals surface area contributed by atoms with Crippen LogP contribution in [0.5, 0.6) is 17.2 Å². The fourth-order valence-corrected chi connectivity index (χ4v) is 2.53. The standard InChI is InChI=1S/C21H21ClF3NO3/c1-13(2)26-20(27)10-7-14(3)28-16-5-4-6-17(12-16)29-19-9-8-15(11-18(19)22)21(23,24)25/h4-14H,1-3H3,(H,26,27)/b10-7+. The van der Waals surface area contributed by atoms with Crippen molar-refractivity contribution in [3.05, 3.63) is 65.2 Å². The molecule has 0 saturated heterocycles. The first-order valence-electron chi connectivity index (χ1n) is 8.84. The van der Waals surface area contributed by atoms with Gasteiger partial charge in [-0.1, -0.05) is 17.7 Å². The second kappa shape index (κ2) is 9.69. The number of amides is 1. The maximum atomic E-state index is 12.7. The smallest absolute Gasteiger partial charge is 0.416 e. The fourth-order valence-electron chi connectivity index (χ4n) is 2.31. The summed E-state index contributed by atoms with van der Waals surface area (Å²) < 4.78 is 49.5. The topological polar surface area (TPSA) is 47.6 Å². The SMILES string of the molecule is CC(C)NC(=O)/C=C/C(C)Oc1cccc(Oc2ccc(C(F)(F)F)cc2Cl)c1. The summed E-state index contributed by atoms with van der Waals surface area (Å²) >= 11 is 5.91. The zero-order valence-corrected chi connectivity index (χ0v) is 16.8. The molecule has 8 heteroatoms. The van der Waals surface area contributed by atoms with Gasteiger partial charge < -0.3 is 14.8 Å². The Morgan fingerprint density at radius 1 is 1.10 bits per heavy atom. The van der Waals surface area contributed by atoms with E-state index < -0.39 is 17.8 Å². The predicted molar refractivity (Wildman–Crippen MR) is 105 cm³/mol. The molecule has 0 saturated carbocycles. The number of hydrogen-bond acceptors (Lipinski definition) is 3. The van der Waals surface area contributed by atoms with Gasteiger partial charge in [0.2, 0.25) is 5.91 Å². The average Bonchev–Trinajstić information content (AvgIpc) is 2.60. The Labute approximate surface area is 172 Å². The number of halogens is 4. The number of ether oxygens (including phenoxy) is 2. The highest BCUT2D eigenvalue weighted by Gasteiger charge is 2.31. The molecule has 0 aliphatic heterocycles. The van der Waals surface area contributed by atoms with Crippen molar-refractivity contribution < 1.29 is 27.4 Å². The molecular weight excluding hydrogens is 407 g/mol. The minimum absolute atomic E-state index is 0.0363. The molecule has 0 heterocycles. The van der Waals surface area contributed by atoms with Gasteiger partial charge in [-0.05, 0) is 57.2 Å². The summed E-state index contributed by atoms with van der Waals surface area (Å²) in [6.45, 7) is 5.49. The van der Waals surface area contributed by atoms with E-state index in [1.807, 2.05) is 13.8 Å². The molecule has 1 unspecified atom stereocenters. The monoisotopic (exact) mass is 427 g/mol. The molecule has 4 nitrogen and oxygen atoms in total. The Morgan fingerprint density at radius 3 is 2.41 bits per heavy atom. The number of benzene rings is 2. The van der Waals surface area contributed by atoms with Gasteiger partial charge >= 0.3 is 6.18 Å². The van der Waals surface area contributed by atoms with Crippen LogP contribution in [0.25, 0.3) is 0 Å². The third-order valence-electron chi connectivity index (χ3n) is 3.56. The average molecular weight is 428 g/mol. The van der Waals surface area contributed by atoms with Crippen molar-refractivity contribution in [2.24, 2.45) is 0 Å². The van der Waals surface area contributed by atoms with Crippen LogP contribution in [-0.2, 0) is 11.0 Å². The molecule has 0 aliphatic carbocycles. The van der Waals surface area contributed by atoms with E-state index in [1.54, 1.807) is 37.3 Å². The molecule has 2 aromatic carbocycles. The number of hydrogen-bond donors (Lipinski definition) is 1. The van der Waals surface area contributed by atoms with Gasteiger partial charge in [0.05, 0.1) is 10.6 Å². The Bertz CT molecular complexity index is 882. The van der Waals surface area contributed by atoms with E-state index in [9.17, 15) is 18.0 Å². The van der Waals surface area contributed by atoms with Gasteiger partial charge in [0.25, 0.3) is 0 Å². The van der Waals surface area contributed by atoms with E-state index in [1.165, 1.54) is 6.08 Å². The van der Waals surface area contributed by atoms with Crippen molar-refractivity contribution in [1.29, 1.82) is 0 Å². The van der Waals surface area contributed by atoms with Crippen LogP contribution in [0.3, 0.4) is 0 Å². The van der Waals surface area contributed by atoms with E-state index in [4.69, 9.17) is 21.1 Å². The van der Waals surface area contributed by atoms with Crippen LogP contribution < -0.4 is 14.8 Å². The largest absolute Gasteiger partial charge is 0.487 e. The molecule has 0 spiro atoms. The third-order valence-corrected chi connectivity index (χ3v) is 3.86. The van der Waals surface area contributed by atoms with Gasteiger partial charge in [-0.25, -0.2) is 0 Å². The van der Waals surface area contributed by atoms with Crippen molar-refractivity contribution >= 4 is 17.5 Å². The van der Waals surface area contributed by atoms with Crippen LogP contribution in [-0.4, -0.2) is 18.1 Å². The molecule has 1 N–H and O–H groups in total. The fraction of sp³-hybridized carbons (Fsp3) is 0.286. The lowest BCUT2D eigenvalue weighted by Crippen LogP contribution is -2.28. The van der Waals surface area contributed by atoms with Gasteiger partial charge in [-0.3, -0.25) is 4.79 Å². The zero-order valence-electron chi connectivity index (χ0n) is 16.1. The number of rotatable bonds is 7. The molecule has 156 valence electrons. The maximum absolute atomic E-state index is 12.7. The molecule has 0 radical (unpaired) electrons. The summed E-state index contributed by atoms with van der Waals surface area (Å²) in [5, 5.41) is 2.58. The predicted octanol–water partition coefficient (Wildman–Crippen LogP) is 6.00. The van der Waals surface area contributed by atoms with E-state index in [0.29, 0.717) is 11.5 Å². The lowest BCUT2D eigenvalue weighted by molar-refractivity contribution is -0.137. The summed E-state index contributed by atoms with van der Waals surface area (Å²) in [6, 6.07) is 9.48. The maximum Gasteiger partial charge on any atom is 0.416 e. The van der Waals surface area contributed by atoms with Crippen LogP contribution in [0.2, 0.25) is 5.02 Å². The Kier molecular flexibility index (Phi) is 7.56. The van der Waals surface area contributed by atoms with Crippen molar-refractivity contribution in [1.82, 2.24) is 5.32 Å². The molecule has 0 aromatic heterocycles. The normalized spacial score (nSPS) is 12.8. The van der Waals surface area contributed by atoms with E-state index in [2.05, 4.69) is 5.32 Å². The van der Waals surface area contributed by atoms with Crippen LogP contribution in [0.4, 0.5) is 13.2 Å². The number of carbonyl (C=O) groups is 1. The summed E-state index contributed by atoms with van der Waals surface area (Å²) in [5.41, 5.74) is -0.853. The molecule has 0 aliphatic rings. The zero-order chi connectivity index (χ0) is 21.6. The second-order valence-corrected chi connectivity index (χ2v) is 6.97. The summed E-state index contributed by atoms with van der Waals surface area (Å²) in [7, 11) is 0. The van der Waals surface area contributed by atoms with Gasteiger partial charge in [0, 0.05) is 18.2 Å². The van der Waals surface area contributed by atoms with Gasteiger partial charge in [-0.2, -0.15) is 13.2 Å². The van der Waals surface area contributed by atoms with Crippen LogP contribution in [0.1, 0.15) is 26.3 Å². The van der Waals surface area contributed by atoms with Crippen molar-refractivity contribution in [3.63, 3.8) is 0 Å². The Morgan fingerprint density at radius 2 is 1.79 bits per heavy atom. The van der Waals surface area contributed by atoms with E-state index >= 15 is 0 Å². The molecule has 2 aromatic rings. The van der Waals surface area contributed by atoms with Crippen molar-refractivity contribution in [3.8, 4) is 17.2 Å². The highest BCUT2D eigenvalue weighted by atomic mass is 35.5. The number of alkyl halides is 3. The molecule has 0 fully saturated rings. The van der Waals surface area contributed by atoms with E-state index in [-0.39, 0.29) is 22.7 Å². The summed E-state index contributed by atoms with van der Waals surface area (Å²) in [6.07, 6.45) is -1.87. The van der Waals surface area contributed by atoms with Gasteiger partial charge in [0.1, 0.15) is 23.4 Å².